The van der Waals surface area contributed by atoms with E-state index in [-0.39, 0.29) is 5.56 Å². The van der Waals surface area contributed by atoms with Crippen molar-refractivity contribution < 1.29 is 14.7 Å². The molecule has 4 nitrogen and oxygen atoms in total. The first-order chi connectivity index (χ1) is 8.24. The summed E-state index contributed by atoms with van der Waals surface area (Å²) in [7, 11) is 0. The van der Waals surface area contributed by atoms with Gasteiger partial charge in [0.2, 0.25) is 0 Å². The van der Waals surface area contributed by atoms with Gasteiger partial charge in [0, 0.05) is 0 Å². The van der Waals surface area contributed by atoms with Crippen LogP contribution in [0.15, 0.2) is 36.4 Å². The number of aromatic carboxylic acids is 1. The zero-order valence-corrected chi connectivity index (χ0v) is 9.43. The maximum absolute atomic E-state index is 11.3. The summed E-state index contributed by atoms with van der Waals surface area (Å²) >= 11 is 0. The minimum Gasteiger partial charge on any atom is -0.478 e. The highest BCUT2D eigenvalue weighted by Crippen LogP contribution is 2.26. The third-order valence-electron chi connectivity index (χ3n) is 2.47. The Morgan fingerprint density at radius 1 is 1.29 bits per heavy atom. The van der Waals surface area contributed by atoms with E-state index in [1.165, 1.54) is 0 Å². The number of anilines is 1. The van der Waals surface area contributed by atoms with E-state index in [0.29, 0.717) is 17.7 Å². The van der Waals surface area contributed by atoms with Gasteiger partial charge in [0.15, 0.2) is 0 Å². The van der Waals surface area contributed by atoms with Gasteiger partial charge >= 0.3 is 5.97 Å². The molecule has 0 saturated carbocycles. The van der Waals surface area contributed by atoms with Crippen LogP contribution in [0.3, 0.4) is 0 Å². The van der Waals surface area contributed by atoms with E-state index in [9.17, 15) is 9.90 Å². The van der Waals surface area contributed by atoms with Crippen LogP contribution in [0.1, 0.15) is 17.3 Å². The van der Waals surface area contributed by atoms with E-state index >= 15 is 0 Å². The molecular formula is C13H13NO3. The van der Waals surface area contributed by atoms with Crippen LogP contribution in [0.25, 0.3) is 10.8 Å². The van der Waals surface area contributed by atoms with Crippen molar-refractivity contribution in [2.75, 3.05) is 12.1 Å². The van der Waals surface area contributed by atoms with Crippen molar-refractivity contribution in [3.63, 3.8) is 0 Å². The van der Waals surface area contributed by atoms with E-state index in [1.54, 1.807) is 12.1 Å². The minimum absolute atomic E-state index is 0.233. The molecule has 0 aliphatic heterocycles. The van der Waals surface area contributed by atoms with Gasteiger partial charge in [-0.3, -0.25) is 10.3 Å². The highest BCUT2D eigenvalue weighted by molar-refractivity contribution is 6.08. The van der Waals surface area contributed by atoms with Gasteiger partial charge in [-0.15, -0.1) is 0 Å². The first-order valence-corrected chi connectivity index (χ1v) is 5.37. The van der Waals surface area contributed by atoms with Crippen molar-refractivity contribution in [3.8, 4) is 0 Å². The second-order valence-electron chi connectivity index (χ2n) is 3.55. The molecule has 0 aliphatic carbocycles. The van der Waals surface area contributed by atoms with Gasteiger partial charge in [0.25, 0.3) is 0 Å². The second kappa shape index (κ2) is 4.84. The quantitative estimate of drug-likeness (QED) is 0.794. The molecule has 0 bridgehead atoms. The van der Waals surface area contributed by atoms with Crippen molar-refractivity contribution in [3.05, 3.63) is 42.0 Å². The molecule has 0 amide bonds. The Bertz CT molecular complexity index is 551. The van der Waals surface area contributed by atoms with Crippen LogP contribution in [-0.2, 0) is 4.84 Å². The molecule has 0 saturated heterocycles. The molecule has 2 aromatic carbocycles. The zero-order chi connectivity index (χ0) is 12.3. The predicted octanol–water partition coefficient (Wildman–Crippen LogP) is 2.90. The van der Waals surface area contributed by atoms with Gasteiger partial charge in [-0.25, -0.2) is 4.79 Å². The maximum Gasteiger partial charge on any atom is 0.338 e. The summed E-state index contributed by atoms with van der Waals surface area (Å²) in [5.41, 5.74) is 3.36. The average molecular weight is 231 g/mol. The maximum atomic E-state index is 11.3. The lowest BCUT2D eigenvalue weighted by atomic mass is 10.0. The largest absolute Gasteiger partial charge is 0.478 e. The van der Waals surface area contributed by atoms with Crippen molar-refractivity contribution in [1.82, 2.24) is 0 Å². The molecule has 2 N–H and O–H groups in total. The van der Waals surface area contributed by atoms with Crippen LogP contribution >= 0.6 is 0 Å². The van der Waals surface area contributed by atoms with E-state index in [0.717, 1.165) is 5.39 Å². The Labute approximate surface area is 98.8 Å². The Balaban J connectivity index is 2.60. The predicted molar refractivity (Wildman–Crippen MR) is 66.2 cm³/mol. The fraction of sp³-hybridized carbons (Fsp3) is 0.154. The van der Waals surface area contributed by atoms with Crippen LogP contribution in [0, 0.1) is 0 Å². The molecule has 2 aromatic rings. The Morgan fingerprint density at radius 2 is 2.06 bits per heavy atom. The van der Waals surface area contributed by atoms with Gasteiger partial charge in [-0.05, 0) is 23.8 Å². The van der Waals surface area contributed by atoms with E-state index < -0.39 is 5.97 Å². The third-order valence-corrected chi connectivity index (χ3v) is 2.47. The van der Waals surface area contributed by atoms with E-state index in [1.807, 2.05) is 31.2 Å². The van der Waals surface area contributed by atoms with Crippen LogP contribution < -0.4 is 5.48 Å². The SMILES string of the molecule is CCONc1ccc2ccccc2c1C(=O)O. The van der Waals surface area contributed by atoms with Crippen molar-refractivity contribution in [2.45, 2.75) is 6.92 Å². The molecular weight excluding hydrogens is 218 g/mol. The number of carboxylic acids is 1. The number of fused-ring (bicyclic) bond motifs is 1. The molecule has 17 heavy (non-hydrogen) atoms. The summed E-state index contributed by atoms with van der Waals surface area (Å²) in [6, 6.07) is 10.9. The molecule has 0 radical (unpaired) electrons. The summed E-state index contributed by atoms with van der Waals surface area (Å²) in [4.78, 5) is 16.3. The molecule has 0 spiro atoms. The van der Waals surface area contributed by atoms with Gasteiger partial charge in [0.1, 0.15) is 0 Å². The first kappa shape index (κ1) is 11.4. The summed E-state index contributed by atoms with van der Waals surface area (Å²) < 4.78 is 0. The third kappa shape index (κ3) is 2.21. The number of hydrogen-bond acceptors (Lipinski definition) is 3. The smallest absolute Gasteiger partial charge is 0.338 e. The van der Waals surface area contributed by atoms with Crippen molar-refractivity contribution in [1.29, 1.82) is 0 Å². The van der Waals surface area contributed by atoms with Gasteiger partial charge in [-0.1, -0.05) is 30.3 Å². The first-order valence-electron chi connectivity index (χ1n) is 5.37. The van der Waals surface area contributed by atoms with Gasteiger partial charge < -0.3 is 5.11 Å². The zero-order valence-electron chi connectivity index (χ0n) is 9.43. The Kier molecular flexibility index (Phi) is 3.25. The molecule has 0 aromatic heterocycles. The highest BCUT2D eigenvalue weighted by atomic mass is 16.6. The molecule has 2 rings (SSSR count). The molecule has 0 unspecified atom stereocenters. The fourth-order valence-corrected chi connectivity index (χ4v) is 1.74. The van der Waals surface area contributed by atoms with Crippen molar-refractivity contribution >= 4 is 22.4 Å². The Hall–Kier alpha value is -2.07. The molecule has 0 atom stereocenters. The number of carbonyl (C=O) groups is 1. The van der Waals surface area contributed by atoms with Crippen LogP contribution in [0.5, 0.6) is 0 Å². The van der Waals surface area contributed by atoms with Gasteiger partial charge in [-0.2, -0.15) is 0 Å². The second-order valence-corrected chi connectivity index (χ2v) is 3.55. The van der Waals surface area contributed by atoms with E-state index in [2.05, 4.69) is 5.48 Å². The average Bonchev–Trinajstić information content (AvgIpc) is 2.35. The lowest BCUT2D eigenvalue weighted by Crippen LogP contribution is -2.07. The fourth-order valence-electron chi connectivity index (χ4n) is 1.74. The lowest BCUT2D eigenvalue weighted by molar-refractivity contribution is 0.0698. The monoisotopic (exact) mass is 231 g/mol. The highest BCUT2D eigenvalue weighted by Gasteiger charge is 2.14. The molecule has 88 valence electrons. The number of nitrogens with one attached hydrogen (secondary N) is 1. The summed E-state index contributed by atoms with van der Waals surface area (Å²) in [5, 5.41) is 10.9. The normalized spacial score (nSPS) is 10.4. The van der Waals surface area contributed by atoms with Gasteiger partial charge in [0.05, 0.1) is 17.9 Å². The lowest BCUT2D eigenvalue weighted by Gasteiger charge is -2.11. The number of carboxylic acid groups (broad SMARTS) is 1. The summed E-state index contributed by atoms with van der Waals surface area (Å²) in [6.07, 6.45) is 0. The standard InChI is InChI=1S/C13H13NO3/c1-2-17-14-11-8-7-9-5-3-4-6-10(9)12(11)13(15)16/h3-8,14H,2H2,1H3,(H,15,16). The number of rotatable bonds is 4. The Morgan fingerprint density at radius 3 is 2.76 bits per heavy atom. The van der Waals surface area contributed by atoms with E-state index in [4.69, 9.17) is 4.84 Å². The topological polar surface area (TPSA) is 58.6 Å². The molecule has 4 heteroatoms. The van der Waals surface area contributed by atoms with Crippen LogP contribution in [0.4, 0.5) is 5.69 Å². The van der Waals surface area contributed by atoms with Crippen LogP contribution in [0.2, 0.25) is 0 Å². The molecule has 0 fully saturated rings. The summed E-state index contributed by atoms with van der Waals surface area (Å²) in [5.74, 6) is -0.969. The molecule has 0 heterocycles. The molecule has 0 aliphatic rings. The van der Waals surface area contributed by atoms with Crippen molar-refractivity contribution in [2.24, 2.45) is 0 Å². The number of benzene rings is 2. The summed E-state index contributed by atoms with van der Waals surface area (Å²) in [6.45, 7) is 2.29. The minimum atomic E-state index is -0.969. The number of hydrogen-bond donors (Lipinski definition) is 2. The van der Waals surface area contributed by atoms with Crippen LogP contribution in [-0.4, -0.2) is 17.7 Å².